The number of carbonyl (C=O) groups excluding carboxylic acids is 2. The van der Waals surface area contributed by atoms with Gasteiger partial charge >= 0.3 is 6.09 Å². The quantitative estimate of drug-likeness (QED) is 0.661. The molecule has 6 heteroatoms. The van der Waals surface area contributed by atoms with Gasteiger partial charge in [-0.25, -0.2) is 4.79 Å². The van der Waals surface area contributed by atoms with Crippen LogP contribution in [0.5, 0.6) is 0 Å². The second kappa shape index (κ2) is 8.79. The zero-order valence-corrected chi connectivity index (χ0v) is 13.5. The summed E-state index contributed by atoms with van der Waals surface area (Å²) in [7, 11) is 0. The molecular weight excluding hydrogens is 258 g/mol. The minimum atomic E-state index is -0.490. The first-order chi connectivity index (χ1) is 9.10. The number of hydrogen-bond acceptors (Lipinski definition) is 4. The van der Waals surface area contributed by atoms with E-state index in [9.17, 15) is 9.59 Å². The van der Waals surface area contributed by atoms with Crippen molar-refractivity contribution in [1.29, 1.82) is 0 Å². The molecule has 0 radical (unpaired) electrons. The molecule has 0 fully saturated rings. The summed E-state index contributed by atoms with van der Waals surface area (Å²) in [6.45, 7) is 12.3. The Hall–Kier alpha value is -1.30. The van der Waals surface area contributed by atoms with Gasteiger partial charge in [0.05, 0.1) is 0 Å². The van der Waals surface area contributed by atoms with Gasteiger partial charge in [-0.1, -0.05) is 0 Å². The molecule has 0 heterocycles. The van der Waals surface area contributed by atoms with E-state index < -0.39 is 11.7 Å². The second-order valence-corrected chi connectivity index (χ2v) is 6.21. The fourth-order valence-corrected chi connectivity index (χ4v) is 1.45. The molecule has 0 saturated carbocycles. The fraction of sp³-hybridized carbons (Fsp3) is 0.857. The van der Waals surface area contributed by atoms with Gasteiger partial charge < -0.3 is 20.7 Å². The van der Waals surface area contributed by atoms with Crippen molar-refractivity contribution >= 4 is 12.0 Å². The van der Waals surface area contributed by atoms with Crippen LogP contribution in [0.3, 0.4) is 0 Å². The van der Waals surface area contributed by atoms with Crippen molar-refractivity contribution in [2.45, 2.75) is 65.6 Å². The zero-order chi connectivity index (χ0) is 15.8. The maximum atomic E-state index is 11.4. The molecule has 2 amide bonds. The van der Waals surface area contributed by atoms with Gasteiger partial charge in [-0.3, -0.25) is 4.79 Å². The number of alkyl carbamates (subject to hydrolysis) is 1. The minimum Gasteiger partial charge on any atom is -0.444 e. The minimum absolute atomic E-state index is 0.0276. The lowest BCUT2D eigenvalue weighted by Crippen LogP contribution is -2.42. The molecule has 1 unspecified atom stereocenters. The Balaban J connectivity index is 3.71. The van der Waals surface area contributed by atoms with Crippen LogP contribution in [0.1, 0.15) is 48.0 Å². The molecule has 0 spiro atoms. The van der Waals surface area contributed by atoms with Gasteiger partial charge in [0.25, 0.3) is 0 Å². The van der Waals surface area contributed by atoms with E-state index in [1.54, 1.807) is 0 Å². The Morgan fingerprint density at radius 2 is 1.75 bits per heavy atom. The first-order valence-electron chi connectivity index (χ1n) is 7.09. The molecule has 0 aromatic heterocycles. The lowest BCUT2D eigenvalue weighted by Gasteiger charge is -2.21. The molecule has 0 bridgehead atoms. The molecule has 3 N–H and O–H groups in total. The van der Waals surface area contributed by atoms with Crippen LogP contribution in [0.25, 0.3) is 0 Å². The van der Waals surface area contributed by atoms with Crippen molar-refractivity contribution in [2.24, 2.45) is 0 Å². The fourth-order valence-electron chi connectivity index (χ4n) is 1.45. The number of hydrogen-bond donors (Lipinski definition) is 3. The first kappa shape index (κ1) is 18.7. The molecule has 0 saturated heterocycles. The third-order valence-electron chi connectivity index (χ3n) is 2.25. The summed E-state index contributed by atoms with van der Waals surface area (Å²) < 4.78 is 5.13. The Morgan fingerprint density at radius 3 is 2.25 bits per heavy atom. The van der Waals surface area contributed by atoms with Crippen LogP contribution in [-0.4, -0.2) is 42.8 Å². The van der Waals surface area contributed by atoms with Crippen LogP contribution < -0.4 is 16.0 Å². The number of carbonyl (C=O) groups is 2. The number of ether oxygens (including phenoxy) is 1. The molecule has 20 heavy (non-hydrogen) atoms. The van der Waals surface area contributed by atoms with E-state index in [-0.39, 0.29) is 18.0 Å². The maximum Gasteiger partial charge on any atom is 0.407 e. The molecule has 0 aliphatic carbocycles. The summed E-state index contributed by atoms with van der Waals surface area (Å²) in [5.41, 5.74) is -0.490. The van der Waals surface area contributed by atoms with E-state index in [0.29, 0.717) is 19.5 Å². The Kier molecular flexibility index (Phi) is 8.22. The SMILES string of the molecule is CC(C)NC(=O)CCNC(C)CNC(=O)OC(C)(C)C. The summed E-state index contributed by atoms with van der Waals surface area (Å²) in [5, 5.41) is 8.68. The van der Waals surface area contributed by atoms with Gasteiger partial charge in [-0.15, -0.1) is 0 Å². The van der Waals surface area contributed by atoms with E-state index in [1.807, 2.05) is 41.5 Å². The molecule has 1 atom stereocenters. The van der Waals surface area contributed by atoms with Gasteiger partial charge in [-0.05, 0) is 41.5 Å². The number of amides is 2. The zero-order valence-electron chi connectivity index (χ0n) is 13.5. The average Bonchev–Trinajstić information content (AvgIpc) is 2.22. The van der Waals surface area contributed by atoms with Gasteiger partial charge in [-0.2, -0.15) is 0 Å². The van der Waals surface area contributed by atoms with Crippen LogP contribution in [-0.2, 0) is 9.53 Å². The largest absolute Gasteiger partial charge is 0.444 e. The molecular formula is C14H29N3O3. The normalized spacial score (nSPS) is 12.9. The van der Waals surface area contributed by atoms with E-state index in [2.05, 4.69) is 16.0 Å². The number of rotatable bonds is 7. The highest BCUT2D eigenvalue weighted by Crippen LogP contribution is 2.06. The van der Waals surface area contributed by atoms with Crippen molar-refractivity contribution in [2.75, 3.05) is 13.1 Å². The predicted molar refractivity (Wildman–Crippen MR) is 79.6 cm³/mol. The van der Waals surface area contributed by atoms with Gasteiger partial charge in [0, 0.05) is 31.6 Å². The van der Waals surface area contributed by atoms with Crippen molar-refractivity contribution in [3.05, 3.63) is 0 Å². The first-order valence-corrected chi connectivity index (χ1v) is 7.09. The average molecular weight is 287 g/mol. The lowest BCUT2D eigenvalue weighted by molar-refractivity contribution is -0.121. The topological polar surface area (TPSA) is 79.5 Å². The van der Waals surface area contributed by atoms with E-state index in [0.717, 1.165) is 0 Å². The van der Waals surface area contributed by atoms with Crippen LogP contribution in [0.4, 0.5) is 4.79 Å². The van der Waals surface area contributed by atoms with Gasteiger partial charge in [0.15, 0.2) is 0 Å². The Morgan fingerprint density at radius 1 is 1.15 bits per heavy atom. The second-order valence-electron chi connectivity index (χ2n) is 6.21. The summed E-state index contributed by atoms with van der Waals surface area (Å²) in [6.07, 6.45) is -0.00158. The van der Waals surface area contributed by atoms with Crippen LogP contribution in [0.2, 0.25) is 0 Å². The van der Waals surface area contributed by atoms with Gasteiger partial charge in [0.2, 0.25) is 5.91 Å². The molecule has 0 aliphatic heterocycles. The molecule has 0 aromatic carbocycles. The lowest BCUT2D eigenvalue weighted by atomic mass is 10.2. The Bertz CT molecular complexity index is 311. The molecule has 0 aromatic rings. The van der Waals surface area contributed by atoms with E-state index in [1.165, 1.54) is 0 Å². The summed E-state index contributed by atoms with van der Waals surface area (Å²) in [5.74, 6) is 0.0276. The highest BCUT2D eigenvalue weighted by atomic mass is 16.6. The molecule has 0 rings (SSSR count). The monoisotopic (exact) mass is 287 g/mol. The summed E-state index contributed by atoms with van der Waals surface area (Å²) in [6, 6.07) is 0.239. The molecule has 6 nitrogen and oxygen atoms in total. The molecule has 118 valence electrons. The van der Waals surface area contributed by atoms with Crippen molar-refractivity contribution < 1.29 is 14.3 Å². The third kappa shape index (κ3) is 11.8. The molecule has 0 aliphatic rings. The predicted octanol–water partition coefficient (Wildman–Crippen LogP) is 1.40. The summed E-state index contributed by atoms with van der Waals surface area (Å²) >= 11 is 0. The van der Waals surface area contributed by atoms with Crippen molar-refractivity contribution in [3.63, 3.8) is 0 Å². The van der Waals surface area contributed by atoms with Crippen LogP contribution in [0, 0.1) is 0 Å². The van der Waals surface area contributed by atoms with Crippen molar-refractivity contribution in [3.8, 4) is 0 Å². The van der Waals surface area contributed by atoms with Crippen LogP contribution >= 0.6 is 0 Å². The highest BCUT2D eigenvalue weighted by Gasteiger charge is 2.16. The van der Waals surface area contributed by atoms with Gasteiger partial charge in [0.1, 0.15) is 5.60 Å². The van der Waals surface area contributed by atoms with Crippen LogP contribution in [0.15, 0.2) is 0 Å². The smallest absolute Gasteiger partial charge is 0.407 e. The summed E-state index contributed by atoms with van der Waals surface area (Å²) in [4.78, 5) is 22.9. The van der Waals surface area contributed by atoms with Crippen molar-refractivity contribution in [1.82, 2.24) is 16.0 Å². The standard InChI is InChI=1S/C14H29N3O3/c1-10(2)17-12(18)7-8-15-11(3)9-16-13(19)20-14(4,5)6/h10-11,15H,7-9H2,1-6H3,(H,16,19)(H,17,18). The van der Waals surface area contributed by atoms with E-state index >= 15 is 0 Å². The number of nitrogens with one attached hydrogen (secondary N) is 3. The Labute approximate surface area is 122 Å². The highest BCUT2D eigenvalue weighted by molar-refractivity contribution is 5.76. The third-order valence-corrected chi connectivity index (χ3v) is 2.25. The maximum absolute atomic E-state index is 11.4. The van der Waals surface area contributed by atoms with E-state index in [4.69, 9.17) is 4.74 Å².